The van der Waals surface area contributed by atoms with E-state index in [0.29, 0.717) is 30.9 Å². The highest BCUT2D eigenvalue weighted by Crippen LogP contribution is 2.24. The van der Waals surface area contributed by atoms with Crippen molar-refractivity contribution in [3.63, 3.8) is 0 Å². The minimum Gasteiger partial charge on any atom is -0.491 e. The van der Waals surface area contributed by atoms with Gasteiger partial charge in [-0.2, -0.15) is 0 Å². The molecule has 0 saturated carbocycles. The number of nitrogens with zero attached hydrogens (tertiary/aromatic N) is 1. The summed E-state index contributed by atoms with van der Waals surface area (Å²) in [6.45, 7) is -0.650. The lowest BCUT2D eigenvalue weighted by Gasteiger charge is -2.22. The van der Waals surface area contributed by atoms with Gasteiger partial charge in [0.25, 0.3) is 0 Å². The lowest BCUT2D eigenvalue weighted by molar-refractivity contribution is -0.345. The first kappa shape index (κ1) is 24.0. The summed E-state index contributed by atoms with van der Waals surface area (Å²) >= 11 is 0. The van der Waals surface area contributed by atoms with Gasteiger partial charge in [-0.25, -0.2) is 4.39 Å². The number of hydrogen-bond acceptors (Lipinski definition) is 4. The fourth-order valence-corrected chi connectivity index (χ4v) is 2.93. The highest BCUT2D eigenvalue weighted by Gasteiger charge is 2.33. The molecule has 0 aliphatic carbocycles. The highest BCUT2D eigenvalue weighted by atomic mass is 19.4. The van der Waals surface area contributed by atoms with Gasteiger partial charge in [0, 0.05) is 6.54 Å². The van der Waals surface area contributed by atoms with E-state index in [2.05, 4.69) is 4.74 Å². The van der Waals surface area contributed by atoms with Gasteiger partial charge in [0.1, 0.15) is 24.2 Å². The molecule has 0 aliphatic rings. The summed E-state index contributed by atoms with van der Waals surface area (Å²) in [5.41, 5.74) is 1.83. The molecule has 166 valence electrons. The molecule has 0 aliphatic heterocycles. The predicted molar refractivity (Wildman–Crippen MR) is 106 cm³/mol. The largest absolute Gasteiger partial charge is 0.522 e. The molecule has 4 nitrogen and oxygen atoms in total. The Morgan fingerprint density at radius 3 is 2.43 bits per heavy atom. The van der Waals surface area contributed by atoms with Crippen LogP contribution in [0.15, 0.2) is 48.5 Å². The molecule has 2 aromatic carbocycles. The van der Waals surface area contributed by atoms with Crippen molar-refractivity contribution in [1.82, 2.24) is 4.90 Å². The molecule has 30 heavy (non-hydrogen) atoms. The quantitative estimate of drug-likeness (QED) is 0.444. The van der Waals surface area contributed by atoms with Crippen LogP contribution in [0.4, 0.5) is 17.6 Å². The molecule has 0 saturated heterocycles. The first-order chi connectivity index (χ1) is 14.3. The molecular weight excluding hydrogens is 402 g/mol. The highest BCUT2D eigenvalue weighted by molar-refractivity contribution is 5.35. The Morgan fingerprint density at radius 2 is 1.73 bits per heavy atom. The average molecular weight is 429 g/mol. The van der Waals surface area contributed by atoms with E-state index in [9.17, 15) is 17.6 Å². The second-order valence-corrected chi connectivity index (χ2v) is 7.10. The third kappa shape index (κ3) is 9.00. The molecule has 0 aromatic heterocycles. The maximum Gasteiger partial charge on any atom is 0.522 e. The van der Waals surface area contributed by atoms with Crippen molar-refractivity contribution in [2.24, 2.45) is 0 Å². The van der Waals surface area contributed by atoms with Gasteiger partial charge in [0.2, 0.25) is 6.86 Å². The van der Waals surface area contributed by atoms with Crippen LogP contribution >= 0.6 is 0 Å². The van der Waals surface area contributed by atoms with E-state index >= 15 is 0 Å². The molecule has 2 rings (SSSR count). The average Bonchev–Trinajstić information content (AvgIpc) is 2.68. The second-order valence-electron chi connectivity index (χ2n) is 7.10. The molecule has 8 heteroatoms. The van der Waals surface area contributed by atoms with E-state index in [1.807, 2.05) is 18.2 Å². The molecule has 0 N–H and O–H groups in total. The number of benzene rings is 2. The predicted octanol–water partition coefficient (Wildman–Crippen LogP) is 5.01. The molecule has 2 aromatic rings. The van der Waals surface area contributed by atoms with Crippen LogP contribution < -0.4 is 9.47 Å². The number of hydrogen-bond donors (Lipinski definition) is 0. The van der Waals surface area contributed by atoms with Gasteiger partial charge >= 0.3 is 6.36 Å². The first-order valence-corrected chi connectivity index (χ1v) is 9.64. The fraction of sp³-hybridized carbons (Fsp3) is 0.455. The summed E-state index contributed by atoms with van der Waals surface area (Å²) in [6, 6.07) is 14.3. The van der Waals surface area contributed by atoms with Crippen LogP contribution in [-0.4, -0.2) is 51.5 Å². The van der Waals surface area contributed by atoms with Crippen molar-refractivity contribution < 1.29 is 31.8 Å². The van der Waals surface area contributed by atoms with Crippen molar-refractivity contribution >= 4 is 0 Å². The lowest BCUT2D eigenvalue weighted by atomic mass is 10.0. The zero-order chi connectivity index (χ0) is 22.0. The Labute approximate surface area is 174 Å². The third-order valence-corrected chi connectivity index (χ3v) is 4.40. The topological polar surface area (TPSA) is 30.9 Å². The Kier molecular flexibility index (Phi) is 9.39. The molecule has 0 fully saturated rings. The smallest absolute Gasteiger partial charge is 0.491 e. The standard InChI is InChI=1S/C22H27F4NO3/c1-27(2)13-12-20(30-22(24,25)26)15-28-21-9-4-3-7-18(21)11-10-17-6-5-8-19(14-17)29-16-23/h3-9,14,20H,10-13,15-16H2,1-2H3. The summed E-state index contributed by atoms with van der Waals surface area (Å²) in [5.74, 6) is 0.974. The molecule has 0 spiro atoms. The van der Waals surface area contributed by atoms with Gasteiger partial charge in [-0.3, -0.25) is 4.74 Å². The minimum atomic E-state index is -4.72. The number of aryl methyl sites for hydroxylation is 2. The first-order valence-electron chi connectivity index (χ1n) is 9.64. The minimum absolute atomic E-state index is 0.191. The molecule has 0 radical (unpaired) electrons. The van der Waals surface area contributed by atoms with Crippen LogP contribution in [0.2, 0.25) is 0 Å². The molecule has 0 amide bonds. The van der Waals surface area contributed by atoms with E-state index in [1.54, 1.807) is 49.3 Å². The Hall–Kier alpha value is -2.32. The van der Waals surface area contributed by atoms with E-state index in [1.165, 1.54) is 0 Å². The summed E-state index contributed by atoms with van der Waals surface area (Å²) in [6.07, 6.45) is -4.37. The zero-order valence-electron chi connectivity index (χ0n) is 17.1. The molecule has 0 bridgehead atoms. The summed E-state index contributed by atoms with van der Waals surface area (Å²) in [7, 11) is 3.57. The molecule has 1 unspecified atom stereocenters. The van der Waals surface area contributed by atoms with E-state index < -0.39 is 19.3 Å². The van der Waals surface area contributed by atoms with Crippen LogP contribution in [0.5, 0.6) is 11.5 Å². The summed E-state index contributed by atoms with van der Waals surface area (Å²) < 4.78 is 65.3. The van der Waals surface area contributed by atoms with Gasteiger partial charge in [-0.1, -0.05) is 30.3 Å². The number of halogens is 4. The van der Waals surface area contributed by atoms with Crippen molar-refractivity contribution in [1.29, 1.82) is 0 Å². The summed E-state index contributed by atoms with van der Waals surface area (Å²) in [4.78, 5) is 1.79. The van der Waals surface area contributed by atoms with E-state index in [4.69, 9.17) is 9.47 Å². The fourth-order valence-electron chi connectivity index (χ4n) is 2.93. The van der Waals surface area contributed by atoms with Crippen LogP contribution in [0.3, 0.4) is 0 Å². The Balaban J connectivity index is 2.00. The van der Waals surface area contributed by atoms with Crippen LogP contribution in [0, 0.1) is 0 Å². The monoisotopic (exact) mass is 429 g/mol. The molecular formula is C22H27F4NO3. The van der Waals surface area contributed by atoms with E-state index in [-0.39, 0.29) is 13.0 Å². The lowest BCUT2D eigenvalue weighted by Crippen LogP contribution is -2.32. The Bertz CT molecular complexity index is 768. The van der Waals surface area contributed by atoms with Crippen LogP contribution in [0.25, 0.3) is 0 Å². The Morgan fingerprint density at radius 1 is 0.967 bits per heavy atom. The maximum absolute atomic E-state index is 12.7. The van der Waals surface area contributed by atoms with Crippen LogP contribution in [-0.2, 0) is 17.6 Å². The maximum atomic E-state index is 12.7. The van der Waals surface area contributed by atoms with Gasteiger partial charge in [0.05, 0.1) is 0 Å². The van der Waals surface area contributed by atoms with Gasteiger partial charge in [-0.05, 0) is 62.7 Å². The summed E-state index contributed by atoms with van der Waals surface area (Å²) in [5, 5.41) is 0. The van der Waals surface area contributed by atoms with Crippen molar-refractivity contribution in [3.05, 3.63) is 59.7 Å². The number of rotatable bonds is 12. The molecule has 0 heterocycles. The van der Waals surface area contributed by atoms with Gasteiger partial charge in [-0.15, -0.1) is 13.2 Å². The van der Waals surface area contributed by atoms with Crippen molar-refractivity contribution in [2.45, 2.75) is 31.7 Å². The normalized spacial score (nSPS) is 12.8. The molecule has 1 atom stereocenters. The van der Waals surface area contributed by atoms with Crippen molar-refractivity contribution in [2.75, 3.05) is 34.1 Å². The van der Waals surface area contributed by atoms with Crippen LogP contribution in [0.1, 0.15) is 17.5 Å². The second kappa shape index (κ2) is 11.8. The number of para-hydroxylation sites is 1. The van der Waals surface area contributed by atoms with Crippen molar-refractivity contribution in [3.8, 4) is 11.5 Å². The SMILES string of the molecule is CN(C)CCC(COc1ccccc1CCc1cccc(OCF)c1)OC(F)(F)F. The number of ether oxygens (including phenoxy) is 3. The van der Waals surface area contributed by atoms with Gasteiger partial charge < -0.3 is 14.4 Å². The zero-order valence-corrected chi connectivity index (χ0v) is 17.1. The van der Waals surface area contributed by atoms with E-state index in [0.717, 1.165) is 11.1 Å². The van der Waals surface area contributed by atoms with Gasteiger partial charge in [0.15, 0.2) is 0 Å². The number of alkyl halides is 4. The third-order valence-electron chi connectivity index (χ3n) is 4.40.